The normalized spacial score (nSPS) is 10.8. The Bertz CT molecular complexity index is 772. The first kappa shape index (κ1) is 11.4. The van der Waals surface area contributed by atoms with E-state index in [0.717, 1.165) is 10.8 Å². The van der Waals surface area contributed by atoms with E-state index in [0.29, 0.717) is 5.56 Å². The molecule has 0 radical (unpaired) electrons. The molecule has 0 amide bonds. The lowest BCUT2D eigenvalue weighted by molar-refractivity contribution is -0.385. The van der Waals surface area contributed by atoms with Gasteiger partial charge in [0.15, 0.2) is 5.69 Å². The lowest BCUT2D eigenvalue weighted by Crippen LogP contribution is -1.91. The zero-order valence-electron chi connectivity index (χ0n) is 10.2. The molecule has 0 fully saturated rings. The van der Waals surface area contributed by atoms with Crippen molar-refractivity contribution in [1.29, 1.82) is 0 Å². The van der Waals surface area contributed by atoms with E-state index in [1.165, 1.54) is 0 Å². The maximum atomic E-state index is 11.1. The van der Waals surface area contributed by atoms with Gasteiger partial charge in [0.05, 0.1) is 4.92 Å². The van der Waals surface area contributed by atoms with Crippen molar-refractivity contribution in [2.45, 2.75) is 6.92 Å². The summed E-state index contributed by atoms with van der Waals surface area (Å²) in [6.45, 7) is 1.54. The van der Waals surface area contributed by atoms with Gasteiger partial charge in [-0.05, 0) is 10.8 Å². The molecule has 0 spiro atoms. The lowest BCUT2D eigenvalue weighted by Gasteiger charge is -2.02. The predicted molar refractivity (Wildman–Crippen MR) is 70.8 cm³/mol. The number of nitro groups is 1. The minimum Gasteiger partial charge on any atom is -0.354 e. The van der Waals surface area contributed by atoms with Crippen molar-refractivity contribution >= 4 is 16.5 Å². The van der Waals surface area contributed by atoms with Crippen LogP contribution >= 0.6 is 0 Å². The van der Waals surface area contributed by atoms with Crippen molar-refractivity contribution < 1.29 is 9.45 Å². The van der Waals surface area contributed by atoms with Gasteiger partial charge >= 0.3 is 5.69 Å². The molecule has 0 N–H and O–H groups in total. The van der Waals surface area contributed by atoms with Crippen LogP contribution in [0.2, 0.25) is 0 Å². The molecule has 1 aromatic heterocycles. The van der Waals surface area contributed by atoms with Crippen molar-refractivity contribution in [1.82, 2.24) is 5.16 Å². The van der Waals surface area contributed by atoms with E-state index in [1.807, 2.05) is 42.5 Å². The Morgan fingerprint density at radius 2 is 1.89 bits per heavy atom. The summed E-state index contributed by atoms with van der Waals surface area (Å²) in [4.78, 5) is 10.7. The Morgan fingerprint density at radius 3 is 2.68 bits per heavy atom. The van der Waals surface area contributed by atoms with E-state index in [4.69, 9.17) is 4.52 Å². The fraction of sp³-hybridized carbons (Fsp3) is 0.0714. The average Bonchev–Trinajstić information content (AvgIpc) is 2.80. The minimum absolute atomic E-state index is 0.0728. The van der Waals surface area contributed by atoms with Crippen LogP contribution in [0.15, 0.2) is 47.0 Å². The second kappa shape index (κ2) is 4.20. The molecule has 3 aromatic rings. The number of benzene rings is 2. The summed E-state index contributed by atoms with van der Waals surface area (Å²) in [5.74, 6) is 0.216. The Hall–Kier alpha value is -2.69. The van der Waals surface area contributed by atoms with Gasteiger partial charge < -0.3 is 4.52 Å². The van der Waals surface area contributed by atoms with E-state index in [9.17, 15) is 10.1 Å². The van der Waals surface area contributed by atoms with E-state index in [2.05, 4.69) is 5.16 Å². The molecule has 3 rings (SSSR count). The molecular formula is C14H10N2O3. The van der Waals surface area contributed by atoms with E-state index < -0.39 is 4.92 Å². The number of hydrogen-bond donors (Lipinski definition) is 0. The molecule has 2 aromatic carbocycles. The Labute approximate surface area is 108 Å². The van der Waals surface area contributed by atoms with Crippen molar-refractivity contribution in [2.24, 2.45) is 0 Å². The second-order valence-electron chi connectivity index (χ2n) is 4.22. The fourth-order valence-corrected chi connectivity index (χ4v) is 2.19. The van der Waals surface area contributed by atoms with Crippen LogP contribution < -0.4 is 0 Å². The van der Waals surface area contributed by atoms with Crippen LogP contribution in [0.3, 0.4) is 0 Å². The molecular weight excluding hydrogens is 244 g/mol. The first-order chi connectivity index (χ1) is 9.18. The van der Waals surface area contributed by atoms with E-state index >= 15 is 0 Å². The minimum atomic E-state index is -0.455. The molecule has 94 valence electrons. The molecule has 0 unspecified atom stereocenters. The molecule has 0 saturated carbocycles. The van der Waals surface area contributed by atoms with Crippen LogP contribution in [-0.2, 0) is 0 Å². The van der Waals surface area contributed by atoms with Crippen LogP contribution in [0.25, 0.3) is 22.0 Å². The molecule has 0 aliphatic carbocycles. The van der Waals surface area contributed by atoms with Crippen molar-refractivity contribution in [3.63, 3.8) is 0 Å². The van der Waals surface area contributed by atoms with Gasteiger partial charge in [-0.2, -0.15) is 0 Å². The first-order valence-corrected chi connectivity index (χ1v) is 5.77. The molecule has 0 aliphatic rings. The summed E-state index contributed by atoms with van der Waals surface area (Å²) >= 11 is 0. The summed E-state index contributed by atoms with van der Waals surface area (Å²) < 4.78 is 4.97. The van der Waals surface area contributed by atoms with Gasteiger partial charge in [-0.3, -0.25) is 10.1 Å². The fourth-order valence-electron chi connectivity index (χ4n) is 2.19. The third kappa shape index (κ3) is 1.76. The Balaban J connectivity index is 2.34. The van der Waals surface area contributed by atoms with Crippen LogP contribution in [0.1, 0.15) is 5.76 Å². The summed E-state index contributed by atoms with van der Waals surface area (Å²) in [5, 5.41) is 16.9. The Morgan fingerprint density at radius 1 is 1.16 bits per heavy atom. The largest absolute Gasteiger partial charge is 0.354 e. The highest BCUT2D eigenvalue weighted by Gasteiger charge is 2.26. The standard InChI is InChI=1S/C14H10N2O3/c1-9-14(16(17)18)13(15-19-9)12-8-4-6-10-5-2-3-7-11(10)12/h2-8H,1H3. The van der Waals surface area contributed by atoms with Crippen LogP contribution in [0, 0.1) is 17.0 Å². The van der Waals surface area contributed by atoms with E-state index in [1.54, 1.807) is 6.92 Å². The molecule has 0 atom stereocenters. The molecule has 0 saturated heterocycles. The lowest BCUT2D eigenvalue weighted by atomic mass is 10.0. The molecule has 5 nitrogen and oxygen atoms in total. The maximum Gasteiger partial charge on any atom is 0.339 e. The average molecular weight is 254 g/mol. The highest BCUT2D eigenvalue weighted by Crippen LogP contribution is 2.35. The number of aryl methyl sites for hydroxylation is 1. The van der Waals surface area contributed by atoms with Gasteiger partial charge in [0.1, 0.15) is 0 Å². The van der Waals surface area contributed by atoms with Gasteiger partial charge in [-0.15, -0.1) is 0 Å². The van der Waals surface area contributed by atoms with E-state index in [-0.39, 0.29) is 17.1 Å². The topological polar surface area (TPSA) is 69.2 Å². The summed E-state index contributed by atoms with van der Waals surface area (Å²) in [6, 6.07) is 13.3. The van der Waals surface area contributed by atoms with Gasteiger partial charge in [0.2, 0.25) is 5.76 Å². The third-order valence-corrected chi connectivity index (χ3v) is 3.06. The number of fused-ring (bicyclic) bond motifs is 1. The Kier molecular flexibility index (Phi) is 2.52. The van der Waals surface area contributed by atoms with Gasteiger partial charge in [0.25, 0.3) is 0 Å². The zero-order valence-corrected chi connectivity index (χ0v) is 10.2. The van der Waals surface area contributed by atoms with Crippen LogP contribution in [0.5, 0.6) is 0 Å². The van der Waals surface area contributed by atoms with Crippen molar-refractivity contribution in [2.75, 3.05) is 0 Å². The molecule has 5 heteroatoms. The quantitative estimate of drug-likeness (QED) is 0.516. The number of nitrogens with zero attached hydrogens (tertiary/aromatic N) is 2. The van der Waals surface area contributed by atoms with Crippen molar-refractivity contribution in [3.8, 4) is 11.3 Å². The molecule has 0 bridgehead atoms. The van der Waals surface area contributed by atoms with Crippen molar-refractivity contribution in [3.05, 3.63) is 58.3 Å². The highest BCUT2D eigenvalue weighted by molar-refractivity contribution is 5.97. The van der Waals surface area contributed by atoms with Gasteiger partial charge in [0, 0.05) is 12.5 Å². The molecule has 0 aliphatic heterocycles. The molecule has 19 heavy (non-hydrogen) atoms. The predicted octanol–water partition coefficient (Wildman–Crippen LogP) is 3.71. The summed E-state index contributed by atoms with van der Waals surface area (Å²) in [7, 11) is 0. The number of rotatable bonds is 2. The van der Waals surface area contributed by atoms with Crippen LogP contribution in [0.4, 0.5) is 5.69 Å². The maximum absolute atomic E-state index is 11.1. The molecule has 1 heterocycles. The van der Waals surface area contributed by atoms with Gasteiger partial charge in [-0.1, -0.05) is 47.6 Å². The number of hydrogen-bond acceptors (Lipinski definition) is 4. The monoisotopic (exact) mass is 254 g/mol. The van der Waals surface area contributed by atoms with Crippen LogP contribution in [-0.4, -0.2) is 10.1 Å². The summed E-state index contributed by atoms with van der Waals surface area (Å²) in [5.41, 5.74) is 0.914. The summed E-state index contributed by atoms with van der Waals surface area (Å²) in [6.07, 6.45) is 0. The second-order valence-corrected chi connectivity index (χ2v) is 4.22. The zero-order chi connectivity index (χ0) is 13.4. The SMILES string of the molecule is Cc1onc(-c2cccc3ccccc23)c1[N+](=O)[O-]. The first-order valence-electron chi connectivity index (χ1n) is 5.77. The third-order valence-electron chi connectivity index (χ3n) is 3.06. The number of aromatic nitrogens is 1. The highest BCUT2D eigenvalue weighted by atomic mass is 16.6. The van der Waals surface area contributed by atoms with Gasteiger partial charge in [-0.25, -0.2) is 0 Å². The smallest absolute Gasteiger partial charge is 0.339 e.